The molecule has 2 aromatic heterocycles. The van der Waals surface area contributed by atoms with Crippen LogP contribution in [0.4, 0.5) is 5.82 Å². The van der Waals surface area contributed by atoms with E-state index in [4.69, 9.17) is 0 Å². The lowest BCUT2D eigenvalue weighted by molar-refractivity contribution is 0.397. The van der Waals surface area contributed by atoms with Gasteiger partial charge in [-0.3, -0.25) is 0 Å². The molecule has 8 heteroatoms. The molecule has 0 bridgehead atoms. The molecule has 0 aromatic carbocycles. The molecule has 0 aliphatic carbocycles. The van der Waals surface area contributed by atoms with Crippen LogP contribution in [0.3, 0.4) is 0 Å². The molecule has 0 fully saturated rings. The molecule has 1 aliphatic rings. The highest BCUT2D eigenvalue weighted by molar-refractivity contribution is 7.89. The summed E-state index contributed by atoms with van der Waals surface area (Å²) >= 11 is 1.58. The first-order valence-electron chi connectivity index (χ1n) is 6.84. The lowest BCUT2D eigenvalue weighted by atomic mass is 10.1. The van der Waals surface area contributed by atoms with Gasteiger partial charge in [0.1, 0.15) is 17.0 Å². The summed E-state index contributed by atoms with van der Waals surface area (Å²) in [5.74, 6) is 1.06. The average Bonchev–Trinajstić information content (AvgIpc) is 2.84. The molecule has 114 valence electrons. The molecule has 0 saturated carbocycles. The first kappa shape index (κ1) is 14.7. The lowest BCUT2D eigenvalue weighted by Crippen LogP contribution is -2.36. The highest BCUT2D eigenvalue weighted by atomic mass is 32.2. The summed E-state index contributed by atoms with van der Waals surface area (Å²) in [6.07, 6.45) is 2.29. The molecule has 1 aliphatic heterocycles. The van der Waals surface area contributed by atoms with Crippen molar-refractivity contribution < 1.29 is 8.42 Å². The van der Waals surface area contributed by atoms with Crippen molar-refractivity contribution in [2.24, 2.45) is 0 Å². The van der Waals surface area contributed by atoms with Gasteiger partial charge in [0.15, 0.2) is 0 Å². The SMILES string of the molecule is CCS(=O)(=O)N1CCc2c(sc3ncnc(N(C)C)c23)C1. The Balaban J connectivity index is 2.10. The van der Waals surface area contributed by atoms with Gasteiger partial charge in [0.05, 0.1) is 11.1 Å². The minimum Gasteiger partial charge on any atom is -0.362 e. The first-order valence-corrected chi connectivity index (χ1v) is 9.27. The van der Waals surface area contributed by atoms with Gasteiger partial charge in [-0.25, -0.2) is 18.4 Å². The Morgan fingerprint density at radius 1 is 1.38 bits per heavy atom. The summed E-state index contributed by atoms with van der Waals surface area (Å²) in [5.41, 5.74) is 1.21. The van der Waals surface area contributed by atoms with Gasteiger partial charge < -0.3 is 4.90 Å². The highest BCUT2D eigenvalue weighted by Gasteiger charge is 2.29. The molecule has 0 radical (unpaired) electrons. The van der Waals surface area contributed by atoms with Crippen LogP contribution in [-0.2, 0) is 23.0 Å². The van der Waals surface area contributed by atoms with E-state index < -0.39 is 10.0 Å². The van der Waals surface area contributed by atoms with E-state index in [1.807, 2.05) is 19.0 Å². The number of aromatic nitrogens is 2. The third-order valence-electron chi connectivity index (χ3n) is 3.76. The van der Waals surface area contributed by atoms with Crippen molar-refractivity contribution >= 4 is 37.4 Å². The van der Waals surface area contributed by atoms with Crippen LogP contribution in [-0.4, -0.2) is 49.1 Å². The zero-order valence-electron chi connectivity index (χ0n) is 12.3. The second-order valence-electron chi connectivity index (χ2n) is 5.26. The third-order valence-corrected chi connectivity index (χ3v) is 6.72. The Hall–Kier alpha value is -1.25. The predicted octanol–water partition coefficient (Wildman–Crippen LogP) is 1.47. The molecule has 0 saturated heterocycles. The van der Waals surface area contributed by atoms with Crippen LogP contribution in [0.1, 0.15) is 17.4 Å². The summed E-state index contributed by atoms with van der Waals surface area (Å²) < 4.78 is 25.7. The van der Waals surface area contributed by atoms with Gasteiger partial charge in [0.2, 0.25) is 10.0 Å². The predicted molar refractivity (Wildman–Crippen MR) is 85.3 cm³/mol. The molecule has 3 rings (SSSR count). The van der Waals surface area contributed by atoms with Gasteiger partial charge in [-0.05, 0) is 18.9 Å². The number of rotatable bonds is 3. The fourth-order valence-electron chi connectivity index (χ4n) is 2.65. The Morgan fingerprint density at radius 3 is 2.81 bits per heavy atom. The van der Waals surface area contributed by atoms with Crippen molar-refractivity contribution in [1.29, 1.82) is 0 Å². The minimum absolute atomic E-state index is 0.149. The zero-order valence-corrected chi connectivity index (χ0v) is 14.0. The maximum Gasteiger partial charge on any atom is 0.214 e. The number of hydrogen-bond donors (Lipinski definition) is 0. The van der Waals surface area contributed by atoms with Crippen molar-refractivity contribution in [1.82, 2.24) is 14.3 Å². The molecule has 0 amide bonds. The number of nitrogens with zero attached hydrogens (tertiary/aromatic N) is 4. The highest BCUT2D eigenvalue weighted by Crippen LogP contribution is 2.38. The number of sulfonamides is 1. The van der Waals surface area contributed by atoms with Crippen molar-refractivity contribution in [3.05, 3.63) is 16.8 Å². The summed E-state index contributed by atoms with van der Waals surface area (Å²) in [5, 5.41) is 1.08. The zero-order chi connectivity index (χ0) is 15.2. The fourth-order valence-corrected chi connectivity index (χ4v) is 4.99. The Bertz CT molecular complexity index is 783. The van der Waals surface area contributed by atoms with Gasteiger partial charge in [0, 0.05) is 32.1 Å². The largest absolute Gasteiger partial charge is 0.362 e. The van der Waals surface area contributed by atoms with E-state index in [-0.39, 0.29) is 5.75 Å². The topological polar surface area (TPSA) is 66.4 Å². The van der Waals surface area contributed by atoms with Gasteiger partial charge >= 0.3 is 0 Å². The fraction of sp³-hybridized carbons (Fsp3) is 0.538. The number of hydrogen-bond acceptors (Lipinski definition) is 6. The van der Waals surface area contributed by atoms with Crippen LogP contribution < -0.4 is 4.90 Å². The van der Waals surface area contributed by atoms with E-state index in [0.717, 1.165) is 27.3 Å². The van der Waals surface area contributed by atoms with E-state index in [2.05, 4.69) is 9.97 Å². The quantitative estimate of drug-likeness (QED) is 0.854. The second-order valence-corrected chi connectivity index (χ2v) is 8.60. The van der Waals surface area contributed by atoms with Gasteiger partial charge in [0.25, 0.3) is 0 Å². The Morgan fingerprint density at radius 2 is 2.14 bits per heavy atom. The van der Waals surface area contributed by atoms with Crippen molar-refractivity contribution in [3.63, 3.8) is 0 Å². The smallest absolute Gasteiger partial charge is 0.214 e. The summed E-state index contributed by atoms with van der Waals surface area (Å²) in [7, 11) is 0.787. The van der Waals surface area contributed by atoms with Gasteiger partial charge in [-0.2, -0.15) is 4.31 Å². The molecule has 0 N–H and O–H groups in total. The molecule has 3 heterocycles. The van der Waals surface area contributed by atoms with Crippen LogP contribution in [0.5, 0.6) is 0 Å². The molecule has 0 spiro atoms. The molecule has 0 unspecified atom stereocenters. The van der Waals surface area contributed by atoms with E-state index in [0.29, 0.717) is 13.1 Å². The van der Waals surface area contributed by atoms with E-state index in [1.165, 1.54) is 5.56 Å². The standard InChI is InChI=1S/C13H18N4O2S2/c1-4-21(18,19)17-6-5-9-10(7-17)20-13-11(9)12(16(2)3)14-8-15-13/h8H,4-7H2,1-3H3. The van der Waals surface area contributed by atoms with Gasteiger partial charge in [-0.1, -0.05) is 0 Å². The molecule has 6 nitrogen and oxygen atoms in total. The number of thiophene rings is 1. The molecular weight excluding hydrogens is 308 g/mol. The van der Waals surface area contributed by atoms with Crippen LogP contribution in [0.25, 0.3) is 10.2 Å². The molecule has 0 atom stereocenters. The third kappa shape index (κ3) is 2.41. The maximum atomic E-state index is 12.0. The minimum atomic E-state index is -3.13. The Kier molecular flexibility index (Phi) is 3.62. The Labute approximate surface area is 128 Å². The molecule has 2 aromatic rings. The van der Waals surface area contributed by atoms with E-state index >= 15 is 0 Å². The van der Waals surface area contributed by atoms with Crippen LogP contribution in [0, 0.1) is 0 Å². The second kappa shape index (κ2) is 5.19. The molecule has 21 heavy (non-hydrogen) atoms. The number of anilines is 1. The monoisotopic (exact) mass is 326 g/mol. The van der Waals surface area contributed by atoms with E-state index in [9.17, 15) is 8.42 Å². The summed E-state index contributed by atoms with van der Waals surface area (Å²) in [4.78, 5) is 12.7. The maximum absolute atomic E-state index is 12.0. The van der Waals surface area contributed by atoms with Crippen molar-refractivity contribution in [3.8, 4) is 0 Å². The lowest BCUT2D eigenvalue weighted by Gasteiger charge is -2.26. The van der Waals surface area contributed by atoms with Crippen molar-refractivity contribution in [2.45, 2.75) is 19.9 Å². The summed E-state index contributed by atoms with van der Waals surface area (Å²) in [6.45, 7) is 2.68. The van der Waals surface area contributed by atoms with Crippen LogP contribution in [0.2, 0.25) is 0 Å². The first-order chi connectivity index (χ1) is 9.94. The normalized spacial score (nSPS) is 16.1. The average molecular weight is 326 g/mol. The number of fused-ring (bicyclic) bond motifs is 3. The summed E-state index contributed by atoms with van der Waals surface area (Å²) in [6, 6.07) is 0. The van der Waals surface area contributed by atoms with E-state index in [1.54, 1.807) is 28.9 Å². The van der Waals surface area contributed by atoms with Crippen LogP contribution >= 0.6 is 11.3 Å². The molecular formula is C13H18N4O2S2. The van der Waals surface area contributed by atoms with Gasteiger partial charge in [-0.15, -0.1) is 11.3 Å². The van der Waals surface area contributed by atoms with Crippen molar-refractivity contribution in [2.75, 3.05) is 31.3 Å². The van der Waals surface area contributed by atoms with Crippen LogP contribution in [0.15, 0.2) is 6.33 Å².